The van der Waals surface area contributed by atoms with E-state index in [2.05, 4.69) is 46.5 Å². The summed E-state index contributed by atoms with van der Waals surface area (Å²) in [5.74, 6) is -0.0452. The molecule has 7 nitrogen and oxygen atoms in total. The van der Waals surface area contributed by atoms with Crippen molar-refractivity contribution in [2.24, 2.45) is 0 Å². The van der Waals surface area contributed by atoms with Crippen molar-refractivity contribution in [1.82, 2.24) is 30.1 Å². The van der Waals surface area contributed by atoms with Gasteiger partial charge in [0.2, 0.25) is 0 Å². The summed E-state index contributed by atoms with van der Waals surface area (Å²) in [4.78, 5) is 17.4. The third-order valence-corrected chi connectivity index (χ3v) is 5.50. The lowest BCUT2D eigenvalue weighted by atomic mass is 10.1. The van der Waals surface area contributed by atoms with Crippen LogP contribution in [-0.4, -0.2) is 70.0 Å². The van der Waals surface area contributed by atoms with Gasteiger partial charge in [-0.3, -0.25) is 4.79 Å². The molecule has 0 saturated carbocycles. The molecule has 9 heteroatoms. The SMILES string of the molecule is CCN(CC)CCN(Cc1ccccc1)C(=O)c1cn(C2CCNCC2)nn1.Cl.Cl. The number of nitrogens with one attached hydrogen (secondary N) is 1. The number of benzene rings is 1. The van der Waals surface area contributed by atoms with Gasteiger partial charge in [0.25, 0.3) is 5.91 Å². The van der Waals surface area contributed by atoms with Crippen LogP contribution in [0.5, 0.6) is 0 Å². The lowest BCUT2D eigenvalue weighted by Gasteiger charge is -2.26. The van der Waals surface area contributed by atoms with E-state index < -0.39 is 0 Å². The zero-order chi connectivity index (χ0) is 19.8. The molecule has 0 unspecified atom stereocenters. The Morgan fingerprint density at radius 3 is 2.40 bits per heavy atom. The van der Waals surface area contributed by atoms with Crippen molar-refractivity contribution in [3.8, 4) is 0 Å². The summed E-state index contributed by atoms with van der Waals surface area (Å²) in [6.07, 6.45) is 3.87. The smallest absolute Gasteiger partial charge is 0.276 e. The number of aromatic nitrogens is 3. The first-order valence-electron chi connectivity index (χ1n) is 10.4. The highest BCUT2D eigenvalue weighted by Crippen LogP contribution is 2.18. The third kappa shape index (κ3) is 7.23. The molecule has 0 radical (unpaired) electrons. The molecular formula is C21H34Cl2N6O. The second-order valence-electron chi connectivity index (χ2n) is 7.30. The topological polar surface area (TPSA) is 66.3 Å². The summed E-state index contributed by atoms with van der Waals surface area (Å²) in [6, 6.07) is 10.5. The minimum atomic E-state index is -0.0452. The molecular weight excluding hydrogens is 423 g/mol. The molecule has 3 rings (SSSR count). The minimum absolute atomic E-state index is 0. The Balaban J connectivity index is 0.00000225. The Morgan fingerprint density at radius 2 is 1.77 bits per heavy atom. The molecule has 2 heterocycles. The molecule has 2 aromatic rings. The molecule has 0 bridgehead atoms. The average molecular weight is 457 g/mol. The minimum Gasteiger partial charge on any atom is -0.332 e. The Morgan fingerprint density at radius 1 is 1.10 bits per heavy atom. The van der Waals surface area contributed by atoms with Gasteiger partial charge in [-0.05, 0) is 44.6 Å². The molecule has 1 aromatic carbocycles. The zero-order valence-corrected chi connectivity index (χ0v) is 19.5. The Hall–Kier alpha value is -1.67. The number of amides is 1. The number of hydrogen-bond acceptors (Lipinski definition) is 5. The first kappa shape index (κ1) is 26.4. The molecule has 1 aromatic heterocycles. The molecule has 168 valence electrons. The number of piperidine rings is 1. The Kier molecular flexibility index (Phi) is 11.9. The van der Waals surface area contributed by atoms with Crippen LogP contribution in [-0.2, 0) is 6.54 Å². The highest BCUT2D eigenvalue weighted by molar-refractivity contribution is 5.91. The zero-order valence-electron chi connectivity index (χ0n) is 17.9. The second-order valence-corrected chi connectivity index (χ2v) is 7.30. The average Bonchev–Trinajstić information content (AvgIpc) is 3.25. The van der Waals surface area contributed by atoms with Gasteiger partial charge in [-0.1, -0.05) is 49.4 Å². The van der Waals surface area contributed by atoms with Gasteiger partial charge in [0.05, 0.1) is 12.2 Å². The number of rotatable bonds is 9. The van der Waals surface area contributed by atoms with Crippen LogP contribution in [0.25, 0.3) is 0 Å². The summed E-state index contributed by atoms with van der Waals surface area (Å²) in [7, 11) is 0. The number of carbonyl (C=O) groups is 1. The van der Waals surface area contributed by atoms with Crippen LogP contribution >= 0.6 is 24.8 Å². The van der Waals surface area contributed by atoms with Crippen molar-refractivity contribution in [2.75, 3.05) is 39.3 Å². The maximum absolute atomic E-state index is 13.2. The first-order valence-corrected chi connectivity index (χ1v) is 10.4. The van der Waals surface area contributed by atoms with E-state index in [-0.39, 0.29) is 30.7 Å². The lowest BCUT2D eigenvalue weighted by molar-refractivity contribution is 0.0718. The number of nitrogens with zero attached hydrogens (tertiary/aromatic N) is 5. The normalized spacial score (nSPS) is 14.1. The van der Waals surface area contributed by atoms with E-state index >= 15 is 0 Å². The van der Waals surface area contributed by atoms with Crippen LogP contribution in [0.1, 0.15) is 48.8 Å². The van der Waals surface area contributed by atoms with Gasteiger partial charge in [0, 0.05) is 19.6 Å². The Labute approximate surface area is 192 Å². The third-order valence-electron chi connectivity index (χ3n) is 5.50. The largest absolute Gasteiger partial charge is 0.332 e. The molecule has 1 amide bonds. The van der Waals surface area contributed by atoms with E-state index in [0.29, 0.717) is 24.8 Å². The van der Waals surface area contributed by atoms with Crippen molar-refractivity contribution in [3.63, 3.8) is 0 Å². The monoisotopic (exact) mass is 456 g/mol. The standard InChI is InChI=1S/C21H32N6O.2ClH/c1-3-25(4-2)14-15-26(16-18-8-6-5-7-9-18)21(28)20-17-27(24-23-20)19-10-12-22-13-11-19;;/h5-9,17,19,22H,3-4,10-16H2,1-2H3;2*1H. The number of carbonyl (C=O) groups excluding carboxylic acids is 1. The van der Waals surface area contributed by atoms with E-state index in [4.69, 9.17) is 0 Å². The van der Waals surface area contributed by atoms with Crippen LogP contribution in [0.4, 0.5) is 0 Å². The molecule has 1 fully saturated rings. The van der Waals surface area contributed by atoms with Gasteiger partial charge in [0.1, 0.15) is 0 Å². The quantitative estimate of drug-likeness (QED) is 0.627. The van der Waals surface area contributed by atoms with Crippen molar-refractivity contribution in [1.29, 1.82) is 0 Å². The van der Waals surface area contributed by atoms with Crippen LogP contribution in [0, 0.1) is 0 Å². The molecule has 0 spiro atoms. The van der Waals surface area contributed by atoms with Crippen LogP contribution in [0.15, 0.2) is 36.5 Å². The lowest BCUT2D eigenvalue weighted by Crippen LogP contribution is -2.38. The predicted molar refractivity (Wildman–Crippen MR) is 125 cm³/mol. The van der Waals surface area contributed by atoms with E-state index in [1.165, 1.54) is 0 Å². The van der Waals surface area contributed by atoms with Gasteiger partial charge >= 0.3 is 0 Å². The number of halogens is 2. The van der Waals surface area contributed by atoms with Gasteiger partial charge in [-0.25, -0.2) is 4.68 Å². The summed E-state index contributed by atoms with van der Waals surface area (Å²) in [5.41, 5.74) is 1.56. The fourth-order valence-electron chi connectivity index (χ4n) is 3.64. The molecule has 1 N–H and O–H groups in total. The maximum Gasteiger partial charge on any atom is 0.276 e. The van der Waals surface area contributed by atoms with Crippen molar-refractivity contribution in [2.45, 2.75) is 39.3 Å². The van der Waals surface area contributed by atoms with E-state index in [1.54, 1.807) is 0 Å². The predicted octanol–water partition coefficient (Wildman–Crippen LogP) is 3.03. The van der Waals surface area contributed by atoms with Gasteiger partial charge in [-0.2, -0.15) is 0 Å². The highest BCUT2D eigenvalue weighted by atomic mass is 35.5. The Bertz CT molecular complexity index is 732. The maximum atomic E-state index is 13.2. The molecule has 1 saturated heterocycles. The van der Waals surface area contributed by atoms with E-state index in [0.717, 1.165) is 51.1 Å². The summed E-state index contributed by atoms with van der Waals surface area (Å²) < 4.78 is 1.87. The van der Waals surface area contributed by atoms with Gasteiger partial charge in [-0.15, -0.1) is 29.9 Å². The molecule has 1 aliphatic rings. The highest BCUT2D eigenvalue weighted by Gasteiger charge is 2.23. The number of likely N-dealkylation sites (N-methyl/N-ethyl adjacent to an activating group) is 1. The summed E-state index contributed by atoms with van der Waals surface area (Å²) in [5, 5.41) is 11.8. The molecule has 0 aliphatic carbocycles. The van der Waals surface area contributed by atoms with Crippen LogP contribution < -0.4 is 5.32 Å². The van der Waals surface area contributed by atoms with Crippen molar-refractivity contribution >= 4 is 30.7 Å². The second kappa shape index (κ2) is 13.6. The molecule has 30 heavy (non-hydrogen) atoms. The van der Waals surface area contributed by atoms with Crippen molar-refractivity contribution < 1.29 is 4.79 Å². The van der Waals surface area contributed by atoms with Gasteiger partial charge < -0.3 is 15.1 Å². The van der Waals surface area contributed by atoms with Crippen LogP contribution in [0.2, 0.25) is 0 Å². The molecule has 1 aliphatic heterocycles. The van der Waals surface area contributed by atoms with E-state index in [9.17, 15) is 4.79 Å². The first-order chi connectivity index (χ1) is 13.7. The van der Waals surface area contributed by atoms with E-state index in [1.807, 2.05) is 34.0 Å². The summed E-state index contributed by atoms with van der Waals surface area (Å²) >= 11 is 0. The summed E-state index contributed by atoms with van der Waals surface area (Å²) in [6.45, 7) is 10.3. The van der Waals surface area contributed by atoms with Crippen molar-refractivity contribution in [3.05, 3.63) is 47.8 Å². The van der Waals surface area contributed by atoms with Gasteiger partial charge in [0.15, 0.2) is 5.69 Å². The fourth-order valence-corrected chi connectivity index (χ4v) is 3.64. The molecule has 0 atom stereocenters. The fraction of sp³-hybridized carbons (Fsp3) is 0.571. The number of hydrogen-bond donors (Lipinski definition) is 1. The van der Waals surface area contributed by atoms with Crippen LogP contribution in [0.3, 0.4) is 0 Å².